The van der Waals surface area contributed by atoms with E-state index in [0.29, 0.717) is 12.1 Å². The first kappa shape index (κ1) is 20.5. The van der Waals surface area contributed by atoms with Crippen LogP contribution in [0.5, 0.6) is 0 Å². The van der Waals surface area contributed by atoms with Crippen molar-refractivity contribution in [2.45, 2.75) is 18.0 Å². The van der Waals surface area contributed by atoms with Crippen molar-refractivity contribution in [2.24, 2.45) is 0 Å². The van der Waals surface area contributed by atoms with Crippen molar-refractivity contribution in [3.63, 3.8) is 0 Å². The first-order valence-electron chi connectivity index (χ1n) is 9.71. The summed E-state index contributed by atoms with van der Waals surface area (Å²) in [4.78, 5) is 0.115. The van der Waals surface area contributed by atoms with Crippen molar-refractivity contribution in [1.82, 2.24) is 14.5 Å². The zero-order valence-corrected chi connectivity index (χ0v) is 17.5. The summed E-state index contributed by atoms with van der Waals surface area (Å²) in [7, 11) is -3.73. The molecule has 0 saturated heterocycles. The van der Waals surface area contributed by atoms with Gasteiger partial charge in [-0.05, 0) is 29.8 Å². The molecule has 0 spiro atoms. The lowest BCUT2D eigenvalue weighted by molar-refractivity contribution is 0.581. The van der Waals surface area contributed by atoms with E-state index in [2.05, 4.69) is 4.72 Å². The Morgan fingerprint density at radius 1 is 0.903 bits per heavy atom. The molecule has 4 aromatic rings. The number of hydrogen-bond acceptors (Lipinski definition) is 4. The molecule has 0 bridgehead atoms. The van der Waals surface area contributed by atoms with Crippen molar-refractivity contribution in [2.75, 3.05) is 0 Å². The summed E-state index contributed by atoms with van der Waals surface area (Å²) in [6.45, 7) is 0.685. The maximum atomic E-state index is 12.7. The Labute approximate surface area is 181 Å². The lowest BCUT2D eigenvalue weighted by atomic mass is 10.1. The standard InChI is InChI=1S/C24H20N4O2S/c25-15-19-11-13-23(14-12-19)31(29,30)26-16-22-18-28(17-20-7-3-1-4-8-20)27-24(22)21-9-5-2-6-10-21/h1-14,18,26H,16-17H2. The molecule has 0 aliphatic rings. The SMILES string of the molecule is N#Cc1ccc(S(=O)(=O)NCc2cn(Cc3ccccc3)nc2-c2ccccc2)cc1. The smallest absolute Gasteiger partial charge is 0.240 e. The highest BCUT2D eigenvalue weighted by atomic mass is 32.2. The molecule has 154 valence electrons. The van der Waals surface area contributed by atoms with Crippen LogP contribution in [0.2, 0.25) is 0 Å². The Morgan fingerprint density at radius 2 is 1.55 bits per heavy atom. The molecule has 1 heterocycles. The van der Waals surface area contributed by atoms with Gasteiger partial charge in [0, 0.05) is 23.9 Å². The first-order valence-corrected chi connectivity index (χ1v) is 11.2. The van der Waals surface area contributed by atoms with E-state index in [1.807, 2.05) is 77.6 Å². The van der Waals surface area contributed by atoms with Crippen LogP contribution in [0.1, 0.15) is 16.7 Å². The number of hydrogen-bond donors (Lipinski definition) is 1. The minimum absolute atomic E-state index is 0.0986. The van der Waals surface area contributed by atoms with Gasteiger partial charge >= 0.3 is 0 Å². The van der Waals surface area contributed by atoms with Crippen LogP contribution < -0.4 is 4.72 Å². The predicted molar refractivity (Wildman–Crippen MR) is 118 cm³/mol. The van der Waals surface area contributed by atoms with Crippen LogP contribution >= 0.6 is 0 Å². The van der Waals surface area contributed by atoms with Gasteiger partial charge < -0.3 is 0 Å². The van der Waals surface area contributed by atoms with Gasteiger partial charge in [0.25, 0.3) is 0 Å². The summed E-state index contributed by atoms with van der Waals surface area (Å²) in [6.07, 6.45) is 1.87. The van der Waals surface area contributed by atoms with Crippen LogP contribution in [0, 0.1) is 11.3 Å². The van der Waals surface area contributed by atoms with Gasteiger partial charge in [0.2, 0.25) is 10.0 Å². The third kappa shape index (κ3) is 4.89. The Morgan fingerprint density at radius 3 is 2.19 bits per heavy atom. The van der Waals surface area contributed by atoms with E-state index in [4.69, 9.17) is 10.4 Å². The molecule has 7 heteroatoms. The molecule has 0 aliphatic carbocycles. The molecule has 1 aromatic heterocycles. The highest BCUT2D eigenvalue weighted by Crippen LogP contribution is 2.23. The van der Waals surface area contributed by atoms with Crippen LogP contribution in [0.15, 0.2) is 96.0 Å². The molecule has 0 amide bonds. The van der Waals surface area contributed by atoms with Crippen LogP contribution in [0.25, 0.3) is 11.3 Å². The van der Waals surface area contributed by atoms with E-state index >= 15 is 0 Å². The lowest BCUT2D eigenvalue weighted by Crippen LogP contribution is -2.23. The summed E-state index contributed by atoms with van der Waals surface area (Å²) in [6, 6.07) is 27.5. The Hall–Kier alpha value is -3.73. The zero-order valence-electron chi connectivity index (χ0n) is 16.6. The number of benzene rings is 3. The maximum Gasteiger partial charge on any atom is 0.240 e. The van der Waals surface area contributed by atoms with Gasteiger partial charge in [-0.25, -0.2) is 13.1 Å². The van der Waals surface area contributed by atoms with Crippen LogP contribution in [-0.4, -0.2) is 18.2 Å². The van der Waals surface area contributed by atoms with Gasteiger partial charge in [0.05, 0.1) is 28.8 Å². The Kier molecular flexibility index (Phi) is 5.94. The second-order valence-electron chi connectivity index (χ2n) is 7.01. The molecule has 31 heavy (non-hydrogen) atoms. The summed E-state index contributed by atoms with van der Waals surface area (Å²) in [5, 5.41) is 13.6. The summed E-state index contributed by atoms with van der Waals surface area (Å²) in [5.41, 5.74) is 3.95. The molecule has 0 saturated carbocycles. The van der Waals surface area contributed by atoms with Crippen molar-refractivity contribution < 1.29 is 8.42 Å². The first-order chi connectivity index (χ1) is 15.0. The highest BCUT2D eigenvalue weighted by molar-refractivity contribution is 7.89. The Balaban J connectivity index is 1.61. The van der Waals surface area contributed by atoms with Gasteiger partial charge in [-0.3, -0.25) is 4.68 Å². The van der Waals surface area contributed by atoms with E-state index in [-0.39, 0.29) is 11.4 Å². The molecule has 0 aliphatic heterocycles. The second kappa shape index (κ2) is 8.96. The zero-order chi connectivity index (χ0) is 21.7. The second-order valence-corrected chi connectivity index (χ2v) is 8.78. The fourth-order valence-corrected chi connectivity index (χ4v) is 4.25. The summed E-state index contributed by atoms with van der Waals surface area (Å²) < 4.78 is 29.9. The molecule has 3 aromatic carbocycles. The van der Waals surface area contributed by atoms with Gasteiger partial charge in [-0.15, -0.1) is 0 Å². The number of nitrogens with zero attached hydrogens (tertiary/aromatic N) is 3. The fourth-order valence-electron chi connectivity index (χ4n) is 3.25. The third-order valence-electron chi connectivity index (χ3n) is 4.82. The van der Waals surface area contributed by atoms with Crippen molar-refractivity contribution in [3.8, 4) is 17.3 Å². The van der Waals surface area contributed by atoms with Gasteiger partial charge in [0.1, 0.15) is 0 Å². The number of sulfonamides is 1. The molecule has 0 radical (unpaired) electrons. The van der Waals surface area contributed by atoms with Crippen molar-refractivity contribution >= 4 is 10.0 Å². The molecule has 4 rings (SSSR count). The quantitative estimate of drug-likeness (QED) is 0.483. The predicted octanol–water partition coefficient (Wildman–Crippen LogP) is 3.95. The fraction of sp³-hybridized carbons (Fsp3) is 0.0833. The molecule has 0 fully saturated rings. The summed E-state index contributed by atoms with van der Waals surface area (Å²) in [5.74, 6) is 0. The van der Waals surface area contributed by atoms with E-state index in [1.165, 1.54) is 24.3 Å². The third-order valence-corrected chi connectivity index (χ3v) is 6.24. The normalized spacial score (nSPS) is 11.2. The Bertz CT molecular complexity index is 1310. The number of rotatable bonds is 7. The molecule has 0 unspecified atom stereocenters. The average molecular weight is 429 g/mol. The van der Waals surface area contributed by atoms with E-state index in [1.54, 1.807) is 0 Å². The average Bonchev–Trinajstić information content (AvgIpc) is 3.22. The number of nitrogens with one attached hydrogen (secondary N) is 1. The highest BCUT2D eigenvalue weighted by Gasteiger charge is 2.17. The van der Waals surface area contributed by atoms with E-state index in [0.717, 1.165) is 22.4 Å². The van der Waals surface area contributed by atoms with Crippen LogP contribution in [0.4, 0.5) is 0 Å². The van der Waals surface area contributed by atoms with Crippen LogP contribution in [-0.2, 0) is 23.1 Å². The maximum absolute atomic E-state index is 12.7. The van der Waals surface area contributed by atoms with E-state index < -0.39 is 10.0 Å². The minimum atomic E-state index is -3.73. The van der Waals surface area contributed by atoms with Gasteiger partial charge in [0.15, 0.2) is 0 Å². The molecule has 0 atom stereocenters. The molecule has 6 nitrogen and oxygen atoms in total. The van der Waals surface area contributed by atoms with Crippen LogP contribution in [0.3, 0.4) is 0 Å². The number of aromatic nitrogens is 2. The monoisotopic (exact) mass is 428 g/mol. The largest absolute Gasteiger partial charge is 0.267 e. The minimum Gasteiger partial charge on any atom is -0.267 e. The molecule has 1 N–H and O–H groups in total. The van der Waals surface area contributed by atoms with Gasteiger partial charge in [-0.2, -0.15) is 10.4 Å². The molecular weight excluding hydrogens is 408 g/mol. The number of nitriles is 1. The van der Waals surface area contributed by atoms with Crippen molar-refractivity contribution in [3.05, 3.63) is 108 Å². The molecular formula is C24H20N4O2S. The lowest BCUT2D eigenvalue weighted by Gasteiger charge is -2.07. The summed E-state index contributed by atoms with van der Waals surface area (Å²) >= 11 is 0. The topological polar surface area (TPSA) is 87.8 Å². The van der Waals surface area contributed by atoms with Gasteiger partial charge in [-0.1, -0.05) is 60.7 Å². The van der Waals surface area contributed by atoms with Crippen molar-refractivity contribution in [1.29, 1.82) is 5.26 Å². The van der Waals surface area contributed by atoms with E-state index in [9.17, 15) is 8.42 Å².